The highest BCUT2D eigenvalue weighted by Gasteiger charge is 2.36. The van der Waals surface area contributed by atoms with E-state index in [4.69, 9.17) is 9.47 Å². The van der Waals surface area contributed by atoms with E-state index in [0.717, 1.165) is 12.8 Å². The van der Waals surface area contributed by atoms with E-state index in [9.17, 15) is 8.42 Å². The predicted octanol–water partition coefficient (Wildman–Crippen LogP) is 2.78. The van der Waals surface area contributed by atoms with E-state index in [0.29, 0.717) is 25.5 Å². The fraction of sp³-hybridized carbons (Fsp3) is 0.412. The summed E-state index contributed by atoms with van der Waals surface area (Å²) in [7, 11) is -2.07. The standard InChI is InChI=1S/C17H21NO4S2/c1-21-14-4-2-5-15(12-14)24(19,20)18-13-17(7-9-22-10-8-17)16-6-3-11-23-16/h2-6,11-12,18H,7-10,13H2,1H3. The van der Waals surface area contributed by atoms with Gasteiger partial charge in [-0.15, -0.1) is 11.3 Å². The lowest BCUT2D eigenvalue weighted by atomic mass is 9.79. The Bertz CT molecular complexity index is 766. The highest BCUT2D eigenvalue weighted by atomic mass is 32.2. The predicted molar refractivity (Wildman–Crippen MR) is 94.2 cm³/mol. The number of nitrogens with one attached hydrogen (secondary N) is 1. The summed E-state index contributed by atoms with van der Waals surface area (Å²) >= 11 is 1.67. The molecule has 1 aliphatic heterocycles. The first-order chi connectivity index (χ1) is 11.6. The van der Waals surface area contributed by atoms with Gasteiger partial charge in [0.1, 0.15) is 5.75 Å². The molecular formula is C17H21NO4S2. The average Bonchev–Trinajstić information content (AvgIpc) is 3.16. The summed E-state index contributed by atoms with van der Waals surface area (Å²) in [5, 5.41) is 2.03. The molecule has 7 heteroatoms. The van der Waals surface area contributed by atoms with Gasteiger partial charge in [-0.25, -0.2) is 13.1 Å². The average molecular weight is 367 g/mol. The molecule has 0 atom stereocenters. The van der Waals surface area contributed by atoms with Crippen LogP contribution >= 0.6 is 11.3 Å². The van der Waals surface area contributed by atoms with Gasteiger partial charge in [0, 0.05) is 36.1 Å². The number of rotatable bonds is 6. The first-order valence-corrected chi connectivity index (χ1v) is 10.2. The second kappa shape index (κ2) is 7.23. The Labute approximate surface area is 146 Å². The molecule has 3 rings (SSSR count). The normalized spacial score (nSPS) is 17.5. The molecule has 2 heterocycles. The highest BCUT2D eigenvalue weighted by molar-refractivity contribution is 7.89. The summed E-state index contributed by atoms with van der Waals surface area (Å²) in [5.74, 6) is 0.525. The third-order valence-corrected chi connectivity index (χ3v) is 6.96. The van der Waals surface area contributed by atoms with E-state index in [-0.39, 0.29) is 10.3 Å². The summed E-state index contributed by atoms with van der Waals surface area (Å²) < 4.78 is 38.7. The molecule has 0 unspecified atom stereocenters. The van der Waals surface area contributed by atoms with Crippen molar-refractivity contribution in [2.24, 2.45) is 0 Å². The molecular weight excluding hydrogens is 346 g/mol. The van der Waals surface area contributed by atoms with Crippen LogP contribution in [-0.4, -0.2) is 35.3 Å². The zero-order chi connectivity index (χ0) is 17.0. The Morgan fingerprint density at radius 2 is 2.04 bits per heavy atom. The number of hydrogen-bond acceptors (Lipinski definition) is 5. The Morgan fingerprint density at radius 3 is 2.71 bits per heavy atom. The Kier molecular flexibility index (Phi) is 5.24. The fourth-order valence-electron chi connectivity index (χ4n) is 2.94. The molecule has 0 radical (unpaired) electrons. The van der Waals surface area contributed by atoms with Crippen molar-refractivity contribution in [1.82, 2.24) is 4.72 Å². The van der Waals surface area contributed by atoms with Crippen LogP contribution in [-0.2, 0) is 20.2 Å². The maximum Gasteiger partial charge on any atom is 0.240 e. The van der Waals surface area contributed by atoms with Crippen LogP contribution < -0.4 is 9.46 Å². The molecule has 5 nitrogen and oxygen atoms in total. The van der Waals surface area contributed by atoms with Gasteiger partial charge in [0.25, 0.3) is 0 Å². The summed E-state index contributed by atoms with van der Waals surface area (Å²) in [6.45, 7) is 1.67. The number of benzene rings is 1. The molecule has 1 aliphatic rings. The number of thiophene rings is 1. The van der Waals surface area contributed by atoms with Gasteiger partial charge in [0.05, 0.1) is 12.0 Å². The van der Waals surface area contributed by atoms with Gasteiger partial charge in [-0.05, 0) is 36.4 Å². The topological polar surface area (TPSA) is 64.6 Å². The van der Waals surface area contributed by atoms with Crippen molar-refractivity contribution in [2.75, 3.05) is 26.9 Å². The molecule has 130 valence electrons. The zero-order valence-corrected chi connectivity index (χ0v) is 15.2. The van der Waals surface area contributed by atoms with E-state index in [1.807, 2.05) is 11.4 Å². The quantitative estimate of drug-likeness (QED) is 0.853. The van der Waals surface area contributed by atoms with Crippen molar-refractivity contribution < 1.29 is 17.9 Å². The van der Waals surface area contributed by atoms with Gasteiger partial charge in [0.15, 0.2) is 0 Å². The molecule has 0 aliphatic carbocycles. The fourth-order valence-corrected chi connectivity index (χ4v) is 5.09. The van der Waals surface area contributed by atoms with Gasteiger partial charge in [0.2, 0.25) is 10.0 Å². The summed E-state index contributed by atoms with van der Waals surface area (Å²) in [4.78, 5) is 1.43. The third-order valence-electron chi connectivity index (χ3n) is 4.45. The first kappa shape index (κ1) is 17.4. The van der Waals surface area contributed by atoms with Crippen LogP contribution in [0.3, 0.4) is 0 Å². The van der Waals surface area contributed by atoms with Gasteiger partial charge in [-0.3, -0.25) is 0 Å². The SMILES string of the molecule is COc1cccc(S(=O)(=O)NCC2(c3cccs3)CCOCC2)c1. The highest BCUT2D eigenvalue weighted by Crippen LogP contribution is 2.37. The molecule has 0 spiro atoms. The van der Waals surface area contributed by atoms with Gasteiger partial charge in [-0.1, -0.05) is 12.1 Å². The maximum atomic E-state index is 12.7. The van der Waals surface area contributed by atoms with Crippen molar-refractivity contribution in [3.8, 4) is 5.75 Å². The van der Waals surface area contributed by atoms with Crippen molar-refractivity contribution >= 4 is 21.4 Å². The maximum absolute atomic E-state index is 12.7. The minimum absolute atomic E-state index is 0.196. The second-order valence-electron chi connectivity index (χ2n) is 5.87. The minimum Gasteiger partial charge on any atom is -0.497 e. The number of ether oxygens (including phenoxy) is 2. The largest absolute Gasteiger partial charge is 0.497 e. The summed E-state index contributed by atoms with van der Waals surface area (Å²) in [6.07, 6.45) is 1.63. The Morgan fingerprint density at radius 1 is 1.25 bits per heavy atom. The van der Waals surface area contributed by atoms with E-state index >= 15 is 0 Å². The Hall–Kier alpha value is -1.41. The second-order valence-corrected chi connectivity index (χ2v) is 8.59. The lowest BCUT2D eigenvalue weighted by Crippen LogP contribution is -2.44. The lowest BCUT2D eigenvalue weighted by molar-refractivity contribution is 0.0529. The van der Waals surface area contributed by atoms with Crippen molar-refractivity contribution in [3.05, 3.63) is 46.7 Å². The molecule has 24 heavy (non-hydrogen) atoms. The van der Waals surface area contributed by atoms with Crippen LogP contribution in [0, 0.1) is 0 Å². The van der Waals surface area contributed by atoms with E-state index in [2.05, 4.69) is 10.8 Å². The molecule has 1 aromatic heterocycles. The lowest BCUT2D eigenvalue weighted by Gasteiger charge is -2.36. The summed E-state index contributed by atoms with van der Waals surface area (Å²) in [5.41, 5.74) is -0.196. The van der Waals surface area contributed by atoms with E-state index in [1.54, 1.807) is 29.5 Å². The van der Waals surface area contributed by atoms with E-state index < -0.39 is 10.0 Å². The minimum atomic E-state index is -3.59. The monoisotopic (exact) mass is 367 g/mol. The van der Waals surface area contributed by atoms with Gasteiger partial charge < -0.3 is 9.47 Å². The van der Waals surface area contributed by atoms with Crippen LogP contribution in [0.4, 0.5) is 0 Å². The van der Waals surface area contributed by atoms with Crippen LogP contribution in [0.5, 0.6) is 5.75 Å². The molecule has 0 bridgehead atoms. The van der Waals surface area contributed by atoms with Crippen LogP contribution in [0.15, 0.2) is 46.7 Å². The Balaban J connectivity index is 1.81. The molecule has 1 aromatic carbocycles. The molecule has 1 saturated heterocycles. The van der Waals surface area contributed by atoms with Crippen molar-refractivity contribution in [2.45, 2.75) is 23.2 Å². The van der Waals surface area contributed by atoms with Gasteiger partial charge >= 0.3 is 0 Å². The van der Waals surface area contributed by atoms with E-state index in [1.165, 1.54) is 18.1 Å². The van der Waals surface area contributed by atoms with Crippen LogP contribution in [0.1, 0.15) is 17.7 Å². The first-order valence-electron chi connectivity index (χ1n) is 7.81. The third kappa shape index (κ3) is 3.64. The van der Waals surface area contributed by atoms with Crippen LogP contribution in [0.25, 0.3) is 0 Å². The van der Waals surface area contributed by atoms with Gasteiger partial charge in [-0.2, -0.15) is 0 Å². The summed E-state index contributed by atoms with van der Waals surface area (Å²) in [6, 6.07) is 10.6. The molecule has 2 aromatic rings. The smallest absolute Gasteiger partial charge is 0.240 e. The zero-order valence-electron chi connectivity index (χ0n) is 13.5. The number of hydrogen-bond donors (Lipinski definition) is 1. The molecule has 0 amide bonds. The molecule has 0 saturated carbocycles. The molecule has 1 fully saturated rings. The van der Waals surface area contributed by atoms with Crippen molar-refractivity contribution in [3.63, 3.8) is 0 Å². The molecule has 1 N–H and O–H groups in total. The number of methoxy groups -OCH3 is 1. The van der Waals surface area contributed by atoms with Crippen LogP contribution in [0.2, 0.25) is 0 Å². The number of sulfonamides is 1. The van der Waals surface area contributed by atoms with Crippen molar-refractivity contribution in [1.29, 1.82) is 0 Å².